The van der Waals surface area contributed by atoms with Gasteiger partial charge in [-0.2, -0.15) is 8.42 Å². The number of piperidine rings is 1. The highest BCUT2D eigenvalue weighted by Gasteiger charge is 2.31. The Morgan fingerprint density at radius 2 is 1.76 bits per heavy atom. The molecule has 4 rings (SSSR count). The Labute approximate surface area is 168 Å². The molecule has 0 spiro atoms. The molecule has 0 amide bonds. The van der Waals surface area contributed by atoms with Crippen molar-refractivity contribution in [2.24, 2.45) is 0 Å². The SMILES string of the molecule is Cc1cc(F)c2c(c1)n(C1CCN(C3CCOCC3)CC1)c(=O)n2OS(C)(=O)=O. The van der Waals surface area contributed by atoms with Crippen LogP contribution in [0.1, 0.15) is 37.3 Å². The van der Waals surface area contributed by atoms with E-state index in [1.54, 1.807) is 13.0 Å². The number of aryl methyl sites for hydroxylation is 1. The molecule has 0 bridgehead atoms. The van der Waals surface area contributed by atoms with Gasteiger partial charge in [-0.1, -0.05) is 0 Å². The van der Waals surface area contributed by atoms with Gasteiger partial charge in [-0.3, -0.25) is 8.85 Å². The number of fused-ring (bicyclic) bond motifs is 1. The summed E-state index contributed by atoms with van der Waals surface area (Å²) < 4.78 is 50.3. The van der Waals surface area contributed by atoms with Crippen LogP contribution in [0.4, 0.5) is 4.39 Å². The van der Waals surface area contributed by atoms with Crippen LogP contribution >= 0.6 is 0 Å². The summed E-state index contributed by atoms with van der Waals surface area (Å²) in [5, 5.41) is 0. The van der Waals surface area contributed by atoms with Crippen molar-refractivity contribution in [3.05, 3.63) is 34.0 Å². The lowest BCUT2D eigenvalue weighted by Gasteiger charge is -2.39. The zero-order valence-electron chi connectivity index (χ0n) is 16.6. The summed E-state index contributed by atoms with van der Waals surface area (Å²) in [7, 11) is -4.00. The lowest BCUT2D eigenvalue weighted by molar-refractivity contribution is 0.0218. The topological polar surface area (TPSA) is 82.8 Å². The quantitative estimate of drug-likeness (QED) is 0.735. The van der Waals surface area contributed by atoms with Crippen LogP contribution in [-0.4, -0.2) is 61.2 Å². The molecule has 2 aliphatic heterocycles. The summed E-state index contributed by atoms with van der Waals surface area (Å²) in [5.74, 6) is -0.681. The summed E-state index contributed by atoms with van der Waals surface area (Å²) in [6, 6.07) is 3.32. The van der Waals surface area contributed by atoms with Crippen LogP contribution in [0, 0.1) is 12.7 Å². The second-order valence-electron chi connectivity index (χ2n) is 7.95. The molecule has 160 valence electrons. The highest BCUT2D eigenvalue weighted by Crippen LogP contribution is 2.29. The fourth-order valence-electron chi connectivity index (χ4n) is 4.51. The third-order valence-corrected chi connectivity index (χ3v) is 6.23. The van der Waals surface area contributed by atoms with Gasteiger partial charge in [0.2, 0.25) is 0 Å². The van der Waals surface area contributed by atoms with Crippen LogP contribution < -0.4 is 9.97 Å². The first-order valence-electron chi connectivity index (χ1n) is 9.89. The van der Waals surface area contributed by atoms with Crippen molar-refractivity contribution in [1.29, 1.82) is 0 Å². The van der Waals surface area contributed by atoms with E-state index < -0.39 is 21.6 Å². The maximum Gasteiger partial charge on any atom is 0.363 e. The first-order valence-corrected chi connectivity index (χ1v) is 11.7. The Bertz CT molecular complexity index is 1060. The summed E-state index contributed by atoms with van der Waals surface area (Å²) >= 11 is 0. The maximum absolute atomic E-state index is 14.7. The van der Waals surface area contributed by atoms with Gasteiger partial charge < -0.3 is 9.64 Å². The second kappa shape index (κ2) is 7.73. The van der Waals surface area contributed by atoms with Crippen LogP contribution in [0.3, 0.4) is 0 Å². The number of nitrogens with zero attached hydrogens (tertiary/aromatic N) is 3. The molecule has 2 aromatic rings. The molecular formula is C19H26FN3O5S. The van der Waals surface area contributed by atoms with E-state index >= 15 is 0 Å². The Kier molecular flexibility index (Phi) is 5.43. The van der Waals surface area contributed by atoms with Gasteiger partial charge in [0.25, 0.3) is 0 Å². The smallest absolute Gasteiger partial charge is 0.363 e. The number of benzene rings is 1. The van der Waals surface area contributed by atoms with Crippen LogP contribution in [0.2, 0.25) is 0 Å². The van der Waals surface area contributed by atoms with Crippen LogP contribution in [0.5, 0.6) is 0 Å². The number of hydrogen-bond acceptors (Lipinski definition) is 6. The lowest BCUT2D eigenvalue weighted by Crippen LogP contribution is -2.45. The molecule has 29 heavy (non-hydrogen) atoms. The third-order valence-electron chi connectivity index (χ3n) is 5.81. The molecule has 0 radical (unpaired) electrons. The zero-order chi connectivity index (χ0) is 20.8. The average Bonchev–Trinajstić information content (AvgIpc) is 2.93. The minimum atomic E-state index is -4.00. The van der Waals surface area contributed by atoms with E-state index in [9.17, 15) is 17.6 Å². The normalized spacial score (nSPS) is 20.4. The van der Waals surface area contributed by atoms with Crippen molar-refractivity contribution >= 4 is 21.2 Å². The molecule has 1 aromatic heterocycles. The van der Waals surface area contributed by atoms with Gasteiger partial charge in [-0.25, -0.2) is 9.18 Å². The molecular weight excluding hydrogens is 401 g/mol. The van der Waals surface area contributed by atoms with Crippen molar-refractivity contribution in [3.63, 3.8) is 0 Å². The van der Waals surface area contributed by atoms with Crippen LogP contribution in [0.15, 0.2) is 16.9 Å². The van der Waals surface area contributed by atoms with E-state index in [2.05, 4.69) is 4.90 Å². The zero-order valence-corrected chi connectivity index (χ0v) is 17.5. The largest absolute Gasteiger partial charge is 0.381 e. The fraction of sp³-hybridized carbons (Fsp3) is 0.632. The van der Waals surface area contributed by atoms with Gasteiger partial charge in [-0.15, -0.1) is 4.73 Å². The highest BCUT2D eigenvalue weighted by molar-refractivity contribution is 7.86. The highest BCUT2D eigenvalue weighted by atomic mass is 32.2. The van der Waals surface area contributed by atoms with E-state index in [4.69, 9.17) is 9.02 Å². The molecule has 0 unspecified atom stereocenters. The van der Waals surface area contributed by atoms with Crippen molar-refractivity contribution in [2.45, 2.75) is 44.7 Å². The van der Waals surface area contributed by atoms with Gasteiger partial charge in [0, 0.05) is 38.4 Å². The average molecular weight is 427 g/mol. The number of ether oxygens (including phenoxy) is 1. The first-order chi connectivity index (χ1) is 13.7. The fourth-order valence-corrected chi connectivity index (χ4v) is 4.92. The summed E-state index contributed by atoms with van der Waals surface area (Å²) in [6.07, 6.45) is 4.31. The molecule has 0 N–H and O–H groups in total. The van der Waals surface area contributed by atoms with E-state index in [1.807, 2.05) is 0 Å². The number of rotatable bonds is 4. The van der Waals surface area contributed by atoms with Crippen molar-refractivity contribution < 1.29 is 21.8 Å². The monoisotopic (exact) mass is 427 g/mol. The van der Waals surface area contributed by atoms with E-state index in [1.165, 1.54) is 10.6 Å². The van der Waals surface area contributed by atoms with Crippen LogP contribution in [-0.2, 0) is 14.9 Å². The van der Waals surface area contributed by atoms with Gasteiger partial charge in [-0.05, 0) is 50.3 Å². The Morgan fingerprint density at radius 1 is 1.10 bits per heavy atom. The van der Waals surface area contributed by atoms with Crippen molar-refractivity contribution in [3.8, 4) is 0 Å². The molecule has 0 saturated carbocycles. The number of halogens is 1. The number of likely N-dealkylation sites (tertiary alicyclic amines) is 1. The molecule has 0 atom stereocenters. The van der Waals surface area contributed by atoms with E-state index in [0.717, 1.165) is 58.2 Å². The molecule has 10 heteroatoms. The van der Waals surface area contributed by atoms with E-state index in [0.29, 0.717) is 21.9 Å². The predicted molar refractivity (Wildman–Crippen MR) is 106 cm³/mol. The van der Waals surface area contributed by atoms with Gasteiger partial charge in [0.15, 0.2) is 5.82 Å². The number of aromatic nitrogens is 2. The Hall–Kier alpha value is -1.91. The van der Waals surface area contributed by atoms with Crippen molar-refractivity contribution in [2.75, 3.05) is 32.6 Å². The molecule has 2 fully saturated rings. The minimum Gasteiger partial charge on any atom is -0.381 e. The van der Waals surface area contributed by atoms with Crippen molar-refractivity contribution in [1.82, 2.24) is 14.2 Å². The summed E-state index contributed by atoms with van der Waals surface area (Å²) in [6.45, 7) is 4.95. The molecule has 8 nitrogen and oxygen atoms in total. The predicted octanol–water partition coefficient (Wildman–Crippen LogP) is 1.45. The Balaban J connectivity index is 1.69. The van der Waals surface area contributed by atoms with Crippen LogP contribution in [0.25, 0.3) is 11.0 Å². The standard InChI is InChI=1S/C19H26FN3O5S/c1-13-11-16(20)18-17(12-13)22(19(24)23(18)28-29(2,25)26)15-3-7-21(8-4-15)14-5-9-27-10-6-14/h11-12,14-15H,3-10H2,1-2H3. The second-order valence-corrected chi connectivity index (χ2v) is 9.51. The van der Waals surface area contributed by atoms with Gasteiger partial charge in [0.1, 0.15) is 5.52 Å². The van der Waals surface area contributed by atoms with Gasteiger partial charge in [0.05, 0.1) is 11.8 Å². The molecule has 2 aliphatic rings. The maximum atomic E-state index is 14.7. The molecule has 0 aliphatic carbocycles. The molecule has 1 aromatic carbocycles. The molecule has 3 heterocycles. The van der Waals surface area contributed by atoms with Gasteiger partial charge >= 0.3 is 15.8 Å². The number of hydrogen-bond donors (Lipinski definition) is 0. The lowest BCUT2D eigenvalue weighted by atomic mass is 9.99. The first kappa shape index (κ1) is 20.4. The minimum absolute atomic E-state index is 0.141. The number of imidazole rings is 1. The van der Waals surface area contributed by atoms with E-state index in [-0.39, 0.29) is 11.6 Å². The third kappa shape index (κ3) is 4.06. The summed E-state index contributed by atoms with van der Waals surface area (Å²) in [4.78, 5) is 15.5. The summed E-state index contributed by atoms with van der Waals surface area (Å²) in [5.41, 5.74) is 0.206. The molecule has 2 saturated heterocycles. The Morgan fingerprint density at radius 3 is 2.38 bits per heavy atom.